The van der Waals surface area contributed by atoms with Crippen molar-refractivity contribution in [2.45, 2.75) is 38.3 Å². The number of rotatable bonds is 4. The number of benzene rings is 1. The maximum absolute atomic E-state index is 12.9. The van der Waals surface area contributed by atoms with E-state index in [0.717, 1.165) is 19.3 Å². The first kappa shape index (κ1) is 14.5. The number of methoxy groups -OCH3 is 1. The van der Waals surface area contributed by atoms with Gasteiger partial charge in [0.15, 0.2) is 5.75 Å². The van der Waals surface area contributed by atoms with Crippen LogP contribution in [0.25, 0.3) is 10.9 Å². The molecule has 1 aromatic heterocycles. The minimum atomic E-state index is -2.73. The number of aromatic carboxylic acids is 1. The van der Waals surface area contributed by atoms with Crippen LogP contribution in [0.1, 0.15) is 46.7 Å². The third kappa shape index (κ3) is 3.06. The zero-order valence-electron chi connectivity index (χ0n) is 18.1. The lowest BCUT2D eigenvalue weighted by molar-refractivity contribution is 0.0695. The molecule has 0 spiro atoms. The lowest BCUT2D eigenvalue weighted by atomic mass is 9.95. The fourth-order valence-corrected chi connectivity index (χ4v) is 4.15. The number of aromatic nitrogens is 1. The summed E-state index contributed by atoms with van der Waals surface area (Å²) in [6.45, 7) is 3.29. The molecule has 144 valence electrons. The lowest BCUT2D eigenvalue weighted by Crippen LogP contribution is -2.46. The largest absolute Gasteiger partial charge is 0.492 e. The van der Waals surface area contributed by atoms with E-state index in [4.69, 9.17) is 14.6 Å². The number of hydrogen-bond acceptors (Lipinski definition) is 5. The van der Waals surface area contributed by atoms with Gasteiger partial charge in [-0.25, -0.2) is 4.79 Å². The van der Waals surface area contributed by atoms with Gasteiger partial charge in [-0.2, -0.15) is 0 Å². The van der Waals surface area contributed by atoms with Gasteiger partial charge in [0.05, 0.1) is 27.7 Å². The first-order valence-electron chi connectivity index (χ1n) is 10.7. The summed E-state index contributed by atoms with van der Waals surface area (Å²) in [5.41, 5.74) is 6.08. The van der Waals surface area contributed by atoms with E-state index in [1.807, 2.05) is 4.90 Å². The van der Waals surface area contributed by atoms with Gasteiger partial charge in [-0.1, -0.05) is 6.92 Å². The van der Waals surface area contributed by atoms with Crippen molar-refractivity contribution in [3.05, 3.63) is 34.1 Å². The highest BCUT2D eigenvalue weighted by atomic mass is 16.5. The molecule has 1 saturated carbocycles. The van der Waals surface area contributed by atoms with Gasteiger partial charge in [0.1, 0.15) is 5.56 Å². The van der Waals surface area contributed by atoms with Crippen LogP contribution in [0.2, 0.25) is 0 Å². The average molecular weight is 374 g/mol. The summed E-state index contributed by atoms with van der Waals surface area (Å²) < 4.78 is 30.2. The minimum absolute atomic E-state index is 0.00272. The Hall–Kier alpha value is -2.54. The molecule has 2 aliphatic rings. The quantitative estimate of drug-likeness (QED) is 0.852. The molecule has 0 amide bonds. The molecule has 2 heterocycles. The van der Waals surface area contributed by atoms with Crippen LogP contribution in [0.4, 0.5) is 5.69 Å². The second-order valence-electron chi connectivity index (χ2n) is 7.73. The van der Waals surface area contributed by atoms with Crippen molar-refractivity contribution in [1.82, 2.24) is 4.57 Å². The second kappa shape index (κ2) is 6.56. The molecule has 0 unspecified atom stereocenters. The highest BCUT2D eigenvalue weighted by Crippen LogP contribution is 2.43. The number of carbonyl (C=O) groups is 1. The number of carboxylic acid groups (broad SMARTS) is 1. The topological polar surface area (TPSA) is 97.8 Å². The third-order valence-corrected chi connectivity index (χ3v) is 5.43. The number of ether oxygens (including phenoxy) is 1. The number of anilines is 1. The summed E-state index contributed by atoms with van der Waals surface area (Å²) >= 11 is 0. The standard InChI is InChI=1S/C20H25N3O4/c1-11-7-12(21)9-22(8-11)16-6-5-14-17(19(16)27-2)23(13-3-4-13)10-15(18(14)24)20(25)26/h5-6,10-13H,3-4,7-9,21H2,1-2H3,(H,25,26)/t11-,12-/m0/s1/i2D3. The van der Waals surface area contributed by atoms with E-state index in [0.29, 0.717) is 30.2 Å². The molecular formula is C20H25N3O4. The normalized spacial score (nSPS) is 25.0. The Morgan fingerprint density at radius 3 is 2.78 bits per heavy atom. The monoisotopic (exact) mass is 374 g/mol. The van der Waals surface area contributed by atoms with Gasteiger partial charge >= 0.3 is 5.97 Å². The molecule has 1 aromatic carbocycles. The molecule has 7 nitrogen and oxygen atoms in total. The number of carboxylic acids is 1. The van der Waals surface area contributed by atoms with Crippen molar-refractivity contribution in [2.75, 3.05) is 25.0 Å². The van der Waals surface area contributed by atoms with Crippen LogP contribution in [-0.4, -0.2) is 41.8 Å². The van der Waals surface area contributed by atoms with Gasteiger partial charge in [-0.3, -0.25) is 4.79 Å². The Morgan fingerprint density at radius 1 is 1.37 bits per heavy atom. The van der Waals surface area contributed by atoms with Gasteiger partial charge in [0, 0.05) is 31.4 Å². The SMILES string of the molecule is [2H]C([2H])([2H])Oc1c(N2C[C@@H](C)C[C@H](N)C2)ccc2c(=O)c(C(=O)O)cn(C3CC3)c12. The van der Waals surface area contributed by atoms with Crippen molar-refractivity contribution in [3.63, 3.8) is 0 Å². The minimum Gasteiger partial charge on any atom is -0.492 e. The summed E-state index contributed by atoms with van der Waals surface area (Å²) in [5, 5.41) is 9.61. The van der Waals surface area contributed by atoms with Crippen LogP contribution < -0.4 is 20.8 Å². The Bertz CT molecular complexity index is 1050. The molecular weight excluding hydrogens is 346 g/mol. The van der Waals surface area contributed by atoms with E-state index < -0.39 is 18.4 Å². The van der Waals surface area contributed by atoms with Crippen LogP contribution in [0.5, 0.6) is 5.75 Å². The summed E-state index contributed by atoms with van der Waals surface area (Å²) in [4.78, 5) is 26.4. The van der Waals surface area contributed by atoms with Gasteiger partial charge in [0.25, 0.3) is 0 Å². The molecule has 1 aliphatic heterocycles. The fraction of sp³-hybridized carbons (Fsp3) is 0.500. The molecule has 2 fully saturated rings. The Kier molecular flexibility index (Phi) is 3.53. The third-order valence-electron chi connectivity index (χ3n) is 5.43. The van der Waals surface area contributed by atoms with E-state index in [1.54, 1.807) is 16.7 Å². The zero-order chi connectivity index (χ0) is 21.8. The van der Waals surface area contributed by atoms with E-state index in [-0.39, 0.29) is 28.8 Å². The molecule has 2 aromatic rings. The molecule has 1 saturated heterocycles. The molecule has 1 aliphatic carbocycles. The van der Waals surface area contributed by atoms with Crippen molar-refractivity contribution >= 4 is 22.6 Å². The van der Waals surface area contributed by atoms with E-state index in [1.165, 1.54) is 6.20 Å². The van der Waals surface area contributed by atoms with E-state index >= 15 is 0 Å². The van der Waals surface area contributed by atoms with Crippen LogP contribution in [0.3, 0.4) is 0 Å². The van der Waals surface area contributed by atoms with Crippen LogP contribution in [0, 0.1) is 5.92 Å². The van der Waals surface area contributed by atoms with Gasteiger partial charge in [-0.15, -0.1) is 0 Å². The Labute approximate surface area is 161 Å². The fourth-order valence-electron chi connectivity index (χ4n) is 4.15. The Morgan fingerprint density at radius 2 is 2.15 bits per heavy atom. The summed E-state index contributed by atoms with van der Waals surface area (Å²) in [5.74, 6) is -0.922. The van der Waals surface area contributed by atoms with Crippen molar-refractivity contribution in [3.8, 4) is 5.75 Å². The number of hydrogen-bond donors (Lipinski definition) is 2. The number of fused-ring (bicyclic) bond motifs is 1. The van der Waals surface area contributed by atoms with Crippen molar-refractivity contribution in [2.24, 2.45) is 11.7 Å². The maximum Gasteiger partial charge on any atom is 0.341 e. The van der Waals surface area contributed by atoms with Crippen LogP contribution in [-0.2, 0) is 0 Å². The number of pyridine rings is 1. The molecule has 27 heavy (non-hydrogen) atoms. The lowest BCUT2D eigenvalue weighted by Gasteiger charge is -2.37. The van der Waals surface area contributed by atoms with Crippen molar-refractivity contribution in [1.29, 1.82) is 0 Å². The van der Waals surface area contributed by atoms with Gasteiger partial charge < -0.3 is 25.0 Å². The summed E-state index contributed by atoms with van der Waals surface area (Å²) in [7, 11) is -2.73. The van der Waals surface area contributed by atoms with Gasteiger partial charge in [0.2, 0.25) is 5.43 Å². The second-order valence-corrected chi connectivity index (χ2v) is 7.73. The smallest absolute Gasteiger partial charge is 0.341 e. The number of nitrogens with two attached hydrogens (primary N) is 1. The zero-order valence-corrected chi connectivity index (χ0v) is 15.1. The molecule has 2 atom stereocenters. The highest BCUT2D eigenvalue weighted by Gasteiger charge is 2.31. The molecule has 4 rings (SSSR count). The molecule has 7 heteroatoms. The highest BCUT2D eigenvalue weighted by molar-refractivity contribution is 5.97. The Balaban J connectivity index is 2.00. The average Bonchev–Trinajstić information content (AvgIpc) is 3.45. The van der Waals surface area contributed by atoms with E-state index in [9.17, 15) is 14.7 Å². The molecule has 0 bridgehead atoms. The first-order chi connectivity index (χ1) is 14.0. The number of nitrogens with zero attached hydrogens (tertiary/aromatic N) is 2. The predicted molar refractivity (Wildman–Crippen MR) is 104 cm³/mol. The first-order valence-corrected chi connectivity index (χ1v) is 9.20. The van der Waals surface area contributed by atoms with Crippen LogP contribution in [0.15, 0.2) is 23.1 Å². The molecule has 0 radical (unpaired) electrons. The predicted octanol–water partition coefficient (Wildman–Crippen LogP) is 2.22. The molecule has 3 N–H and O–H groups in total. The maximum atomic E-state index is 12.9. The summed E-state index contributed by atoms with van der Waals surface area (Å²) in [6.07, 6.45) is 3.82. The van der Waals surface area contributed by atoms with E-state index in [2.05, 4.69) is 6.92 Å². The van der Waals surface area contributed by atoms with Crippen molar-refractivity contribution < 1.29 is 18.8 Å². The summed E-state index contributed by atoms with van der Waals surface area (Å²) in [6, 6.07) is 3.14. The van der Waals surface area contributed by atoms with Gasteiger partial charge in [-0.05, 0) is 37.3 Å². The number of piperidine rings is 1. The van der Waals surface area contributed by atoms with Crippen LogP contribution >= 0.6 is 0 Å².